The van der Waals surface area contributed by atoms with Crippen LogP contribution in [-0.4, -0.2) is 31.5 Å². The number of aromatic nitrogens is 1. The third-order valence-corrected chi connectivity index (χ3v) is 3.48. The lowest BCUT2D eigenvalue weighted by atomic mass is 9.94. The third-order valence-electron chi connectivity index (χ3n) is 2.94. The van der Waals surface area contributed by atoms with Crippen LogP contribution >= 0.6 is 0 Å². The molecule has 2 amide bonds. The number of amides is 2. The van der Waals surface area contributed by atoms with Gasteiger partial charge in [0.1, 0.15) is 5.82 Å². The molecule has 1 fully saturated rings. The van der Waals surface area contributed by atoms with Crippen LogP contribution < -0.4 is 5.32 Å². The maximum atomic E-state index is 14.0. The topological polar surface area (TPSA) is 102 Å². The van der Waals surface area contributed by atoms with Gasteiger partial charge >= 0.3 is 0 Å². The van der Waals surface area contributed by atoms with Crippen LogP contribution in [0.5, 0.6) is 0 Å². The largest absolute Gasteiger partial charge is 0.296 e. The first-order valence-corrected chi connectivity index (χ1v) is 7.90. The quantitative estimate of drug-likeness (QED) is 0.629. The van der Waals surface area contributed by atoms with Crippen LogP contribution in [0.1, 0.15) is 30.0 Å². The Morgan fingerprint density at radius 3 is 2.76 bits per heavy atom. The van der Waals surface area contributed by atoms with Crippen molar-refractivity contribution >= 4 is 21.9 Å². The summed E-state index contributed by atoms with van der Waals surface area (Å²) in [5.74, 6) is -2.54. The summed E-state index contributed by atoms with van der Waals surface area (Å²) < 4.78 is 40.2. The molecule has 1 aliphatic rings. The summed E-state index contributed by atoms with van der Waals surface area (Å²) in [7, 11) is -3.63. The SMILES string of the molecule is CS(=O)(=O)OCc1cnc(C2CCC(=O)NC2=O)c(F)c1. The van der Waals surface area contributed by atoms with E-state index in [1.165, 1.54) is 6.20 Å². The second-order valence-corrected chi connectivity index (χ2v) is 6.32. The van der Waals surface area contributed by atoms with Gasteiger partial charge in [0.25, 0.3) is 10.1 Å². The number of carbonyl (C=O) groups is 2. The minimum absolute atomic E-state index is 0.0666. The zero-order valence-corrected chi connectivity index (χ0v) is 11.9. The van der Waals surface area contributed by atoms with Crippen molar-refractivity contribution in [3.05, 3.63) is 29.3 Å². The molecule has 2 heterocycles. The van der Waals surface area contributed by atoms with Crippen molar-refractivity contribution in [1.29, 1.82) is 0 Å². The fourth-order valence-corrected chi connectivity index (χ4v) is 2.30. The van der Waals surface area contributed by atoms with Crippen LogP contribution in [0.4, 0.5) is 4.39 Å². The summed E-state index contributed by atoms with van der Waals surface area (Å²) in [6.45, 7) is -0.335. The molecular weight excluding hydrogens is 303 g/mol. The van der Waals surface area contributed by atoms with E-state index in [9.17, 15) is 22.4 Å². The van der Waals surface area contributed by atoms with Gasteiger partial charge in [-0.2, -0.15) is 8.42 Å². The van der Waals surface area contributed by atoms with Gasteiger partial charge in [-0.3, -0.25) is 24.1 Å². The van der Waals surface area contributed by atoms with Crippen LogP contribution in [-0.2, 0) is 30.5 Å². The molecule has 21 heavy (non-hydrogen) atoms. The molecule has 0 saturated carbocycles. The van der Waals surface area contributed by atoms with Gasteiger partial charge in [0.05, 0.1) is 24.5 Å². The lowest BCUT2D eigenvalue weighted by molar-refractivity contribution is -0.134. The molecule has 0 spiro atoms. The highest BCUT2D eigenvalue weighted by atomic mass is 32.2. The van der Waals surface area contributed by atoms with Crippen molar-refractivity contribution in [3.8, 4) is 0 Å². The van der Waals surface area contributed by atoms with Gasteiger partial charge in [-0.25, -0.2) is 4.39 Å². The van der Waals surface area contributed by atoms with E-state index in [2.05, 4.69) is 14.5 Å². The summed E-state index contributed by atoms with van der Waals surface area (Å²) in [6, 6.07) is 1.07. The zero-order chi connectivity index (χ0) is 15.6. The van der Waals surface area contributed by atoms with Crippen LogP contribution in [0.2, 0.25) is 0 Å². The molecule has 1 saturated heterocycles. The summed E-state index contributed by atoms with van der Waals surface area (Å²) in [5.41, 5.74) is 0.164. The molecule has 0 radical (unpaired) electrons. The van der Waals surface area contributed by atoms with Crippen LogP contribution in [0.15, 0.2) is 12.3 Å². The second kappa shape index (κ2) is 5.86. The van der Waals surface area contributed by atoms with Crippen LogP contribution in [0.3, 0.4) is 0 Å². The Morgan fingerprint density at radius 2 is 2.19 bits per heavy atom. The van der Waals surface area contributed by atoms with Gasteiger partial charge in [-0.1, -0.05) is 0 Å². The van der Waals surface area contributed by atoms with E-state index >= 15 is 0 Å². The third kappa shape index (κ3) is 4.05. The van der Waals surface area contributed by atoms with Crippen molar-refractivity contribution in [3.63, 3.8) is 0 Å². The van der Waals surface area contributed by atoms with E-state index in [-0.39, 0.29) is 30.7 Å². The maximum Gasteiger partial charge on any atom is 0.264 e. The monoisotopic (exact) mass is 316 g/mol. The molecule has 1 atom stereocenters. The van der Waals surface area contributed by atoms with Crippen molar-refractivity contribution in [2.24, 2.45) is 0 Å². The number of hydrogen-bond acceptors (Lipinski definition) is 6. The fraction of sp³-hybridized carbons (Fsp3) is 0.417. The minimum atomic E-state index is -3.63. The van der Waals surface area contributed by atoms with Crippen molar-refractivity contribution in [2.75, 3.05) is 6.26 Å². The number of hydrogen-bond donors (Lipinski definition) is 1. The van der Waals surface area contributed by atoms with Gasteiger partial charge in [0.2, 0.25) is 11.8 Å². The Bertz CT molecular complexity index is 689. The van der Waals surface area contributed by atoms with E-state index in [4.69, 9.17) is 0 Å². The smallest absolute Gasteiger partial charge is 0.264 e. The van der Waals surface area contributed by atoms with Crippen molar-refractivity contribution in [2.45, 2.75) is 25.4 Å². The first-order valence-electron chi connectivity index (χ1n) is 6.08. The molecule has 7 nitrogen and oxygen atoms in total. The second-order valence-electron chi connectivity index (χ2n) is 4.68. The van der Waals surface area contributed by atoms with E-state index in [0.29, 0.717) is 0 Å². The van der Waals surface area contributed by atoms with Gasteiger partial charge in [-0.05, 0) is 12.5 Å². The molecule has 9 heteroatoms. The molecule has 1 aliphatic heterocycles. The zero-order valence-electron chi connectivity index (χ0n) is 11.1. The molecule has 0 bridgehead atoms. The highest BCUT2D eigenvalue weighted by molar-refractivity contribution is 7.85. The summed E-state index contributed by atoms with van der Waals surface area (Å²) in [4.78, 5) is 26.6. The molecule has 1 unspecified atom stereocenters. The molecule has 0 aromatic carbocycles. The lowest BCUT2D eigenvalue weighted by Crippen LogP contribution is -2.40. The predicted molar refractivity (Wildman–Crippen MR) is 69.0 cm³/mol. The minimum Gasteiger partial charge on any atom is -0.296 e. The Hall–Kier alpha value is -1.87. The first-order chi connectivity index (χ1) is 9.76. The average molecular weight is 316 g/mol. The highest BCUT2D eigenvalue weighted by Gasteiger charge is 2.31. The number of nitrogens with zero attached hydrogens (tertiary/aromatic N) is 1. The Labute approximate surface area is 120 Å². The van der Waals surface area contributed by atoms with Gasteiger partial charge in [0, 0.05) is 18.2 Å². The normalized spacial score (nSPS) is 19.4. The highest BCUT2D eigenvalue weighted by Crippen LogP contribution is 2.25. The molecule has 1 aromatic heterocycles. The van der Waals surface area contributed by atoms with E-state index in [1.807, 2.05) is 0 Å². The van der Waals surface area contributed by atoms with Gasteiger partial charge < -0.3 is 0 Å². The summed E-state index contributed by atoms with van der Waals surface area (Å²) >= 11 is 0. The molecule has 0 aliphatic carbocycles. The van der Waals surface area contributed by atoms with Gasteiger partial charge in [-0.15, -0.1) is 0 Å². The first kappa shape index (κ1) is 15.5. The Kier molecular flexibility index (Phi) is 4.33. The average Bonchev–Trinajstić information content (AvgIpc) is 2.37. The van der Waals surface area contributed by atoms with Crippen molar-refractivity contribution < 1.29 is 26.6 Å². The Balaban J connectivity index is 2.16. The van der Waals surface area contributed by atoms with Crippen molar-refractivity contribution in [1.82, 2.24) is 10.3 Å². The van der Waals surface area contributed by atoms with E-state index in [0.717, 1.165) is 12.3 Å². The number of carbonyl (C=O) groups excluding carboxylic acids is 2. The molecule has 2 rings (SSSR count). The summed E-state index contributed by atoms with van der Waals surface area (Å²) in [5, 5.41) is 2.13. The number of halogens is 1. The van der Waals surface area contributed by atoms with E-state index in [1.54, 1.807) is 0 Å². The van der Waals surface area contributed by atoms with Gasteiger partial charge in [0.15, 0.2) is 0 Å². The van der Waals surface area contributed by atoms with Crippen LogP contribution in [0.25, 0.3) is 0 Å². The number of piperidine rings is 1. The number of pyridine rings is 1. The summed E-state index contributed by atoms with van der Waals surface area (Å²) in [6.07, 6.45) is 2.44. The fourth-order valence-electron chi connectivity index (χ4n) is 1.95. The number of imide groups is 1. The number of nitrogens with one attached hydrogen (secondary N) is 1. The molecule has 1 N–H and O–H groups in total. The maximum absolute atomic E-state index is 14.0. The van der Waals surface area contributed by atoms with Crippen LogP contribution in [0, 0.1) is 5.82 Å². The standard InChI is InChI=1S/C12H13FN2O5S/c1-21(18,19)20-6-7-4-9(13)11(14-5-7)8-2-3-10(16)15-12(8)17/h4-5,8H,2-3,6H2,1H3,(H,15,16,17). The molecule has 1 aromatic rings. The lowest BCUT2D eigenvalue weighted by Gasteiger charge is -2.20. The molecule has 114 valence electrons. The predicted octanol–water partition coefficient (Wildman–Crippen LogP) is 0.217. The molecular formula is C12H13FN2O5S. The van der Waals surface area contributed by atoms with E-state index < -0.39 is 33.7 Å². The Morgan fingerprint density at radius 1 is 1.48 bits per heavy atom. The number of rotatable bonds is 4.